The molecule has 0 fully saturated rings. The van der Waals surface area contributed by atoms with E-state index in [-0.39, 0.29) is 30.1 Å². The second-order valence-electron chi connectivity index (χ2n) is 6.44. The molecule has 26 heavy (non-hydrogen) atoms. The Labute approximate surface area is 157 Å². The topological polar surface area (TPSA) is 79.3 Å². The molecule has 0 aliphatic carbocycles. The van der Waals surface area contributed by atoms with Gasteiger partial charge in [0.05, 0.1) is 5.54 Å². The highest BCUT2D eigenvalue weighted by Crippen LogP contribution is 2.22. The van der Waals surface area contributed by atoms with Gasteiger partial charge in [-0.15, -0.1) is 6.42 Å². The molecule has 0 radical (unpaired) electrons. The van der Waals surface area contributed by atoms with Gasteiger partial charge in [-0.2, -0.15) is 0 Å². The Hall–Kier alpha value is -2.84. The van der Waals surface area contributed by atoms with E-state index in [1.54, 1.807) is 38.1 Å². The molecule has 0 saturated carbocycles. The molecule has 0 unspecified atom stereocenters. The number of benzene rings is 1. The average molecular weight is 371 g/mol. The van der Waals surface area contributed by atoms with Crippen LogP contribution in [0.3, 0.4) is 0 Å². The van der Waals surface area contributed by atoms with Gasteiger partial charge in [0.15, 0.2) is 0 Å². The highest BCUT2D eigenvalue weighted by Gasteiger charge is 2.19. The lowest BCUT2D eigenvalue weighted by Gasteiger charge is -2.19. The van der Waals surface area contributed by atoms with Crippen LogP contribution in [0.25, 0.3) is 0 Å². The highest BCUT2D eigenvalue weighted by molar-refractivity contribution is 6.30. The van der Waals surface area contributed by atoms with Crippen molar-refractivity contribution in [3.63, 3.8) is 0 Å². The van der Waals surface area contributed by atoms with Crippen molar-refractivity contribution in [1.29, 1.82) is 0 Å². The maximum atomic E-state index is 12.3. The summed E-state index contributed by atoms with van der Waals surface area (Å²) in [5.74, 6) is 1.95. The Kier molecular flexibility index (Phi) is 6.01. The van der Waals surface area contributed by atoms with Gasteiger partial charge in [0.1, 0.15) is 17.2 Å². The maximum Gasteiger partial charge on any atom is 0.271 e. The molecule has 1 aromatic carbocycles. The number of pyridine rings is 1. The number of nitrogens with one attached hydrogen (secondary N) is 1. The van der Waals surface area contributed by atoms with Gasteiger partial charge in [-0.05, 0) is 43.7 Å². The van der Waals surface area contributed by atoms with Gasteiger partial charge in [0, 0.05) is 29.6 Å². The van der Waals surface area contributed by atoms with E-state index in [9.17, 15) is 14.7 Å². The van der Waals surface area contributed by atoms with Crippen molar-refractivity contribution in [1.82, 2.24) is 10.3 Å². The molecule has 0 atom stereocenters. The summed E-state index contributed by atoms with van der Waals surface area (Å²) in [6, 6.07) is 7.85. The smallest absolute Gasteiger partial charge is 0.271 e. The van der Waals surface area contributed by atoms with E-state index in [0.29, 0.717) is 16.1 Å². The molecular weight excluding hydrogens is 352 g/mol. The number of phenolic OH excluding ortho intramolecular Hbond substituents is 1. The number of aromatic hydroxyl groups is 1. The van der Waals surface area contributed by atoms with Crippen LogP contribution in [0.2, 0.25) is 5.02 Å². The SMILES string of the molecule is C#CC(C)(C)NC(=O)c1cc(CC(=O)Cc2ccc(Cl)cc2O)ccn1. The molecule has 2 rings (SSSR count). The minimum absolute atomic E-state index is 0.0165. The predicted octanol–water partition coefficient (Wildman–Crippen LogP) is 2.94. The van der Waals surface area contributed by atoms with E-state index in [0.717, 1.165) is 0 Å². The molecule has 5 nitrogen and oxygen atoms in total. The van der Waals surface area contributed by atoms with E-state index in [2.05, 4.69) is 16.2 Å². The fourth-order valence-electron chi connectivity index (χ4n) is 2.28. The largest absolute Gasteiger partial charge is 0.508 e. The number of hydrogen-bond donors (Lipinski definition) is 2. The van der Waals surface area contributed by atoms with Crippen LogP contribution in [-0.4, -0.2) is 27.3 Å². The number of hydrogen-bond acceptors (Lipinski definition) is 4. The first-order valence-electron chi connectivity index (χ1n) is 7.94. The van der Waals surface area contributed by atoms with Crippen LogP contribution in [0.15, 0.2) is 36.5 Å². The summed E-state index contributed by atoms with van der Waals surface area (Å²) in [6.07, 6.45) is 7.02. The van der Waals surface area contributed by atoms with E-state index < -0.39 is 11.4 Å². The predicted molar refractivity (Wildman–Crippen MR) is 100 cm³/mol. The first kappa shape index (κ1) is 19.5. The zero-order valence-corrected chi connectivity index (χ0v) is 15.3. The summed E-state index contributed by atoms with van der Waals surface area (Å²) in [5.41, 5.74) is 0.550. The summed E-state index contributed by atoms with van der Waals surface area (Å²) in [4.78, 5) is 28.5. The van der Waals surface area contributed by atoms with Gasteiger partial charge in [-0.1, -0.05) is 23.6 Å². The zero-order valence-electron chi connectivity index (χ0n) is 14.5. The van der Waals surface area contributed by atoms with E-state index >= 15 is 0 Å². The zero-order chi connectivity index (χ0) is 19.3. The second-order valence-corrected chi connectivity index (χ2v) is 6.87. The van der Waals surface area contributed by atoms with Gasteiger partial charge in [0.2, 0.25) is 0 Å². The van der Waals surface area contributed by atoms with Crippen molar-refractivity contribution in [2.45, 2.75) is 32.2 Å². The molecule has 134 valence electrons. The molecule has 6 heteroatoms. The lowest BCUT2D eigenvalue weighted by atomic mass is 10.0. The first-order chi connectivity index (χ1) is 12.2. The van der Waals surface area contributed by atoms with Gasteiger partial charge >= 0.3 is 0 Å². The number of terminal acetylenes is 1. The van der Waals surface area contributed by atoms with Crippen LogP contribution < -0.4 is 5.32 Å². The number of nitrogens with zero attached hydrogens (tertiary/aromatic N) is 1. The van der Waals surface area contributed by atoms with Crippen LogP contribution in [-0.2, 0) is 17.6 Å². The second kappa shape index (κ2) is 8.03. The van der Waals surface area contributed by atoms with Crippen LogP contribution >= 0.6 is 11.6 Å². The Morgan fingerprint density at radius 2 is 2.00 bits per heavy atom. The molecular formula is C20H19ClN2O3. The molecule has 1 aromatic heterocycles. The van der Waals surface area contributed by atoms with E-state index in [1.807, 2.05) is 0 Å². The van der Waals surface area contributed by atoms with Crippen LogP contribution in [0.1, 0.15) is 35.5 Å². The molecule has 0 bridgehead atoms. The molecule has 0 aliphatic rings. The average Bonchev–Trinajstić information content (AvgIpc) is 2.57. The number of aromatic nitrogens is 1. The van der Waals surface area contributed by atoms with Gasteiger partial charge < -0.3 is 10.4 Å². The highest BCUT2D eigenvalue weighted by atomic mass is 35.5. The third-order valence-corrected chi connectivity index (χ3v) is 3.92. The Bertz CT molecular complexity index is 885. The van der Waals surface area contributed by atoms with Crippen molar-refractivity contribution >= 4 is 23.3 Å². The van der Waals surface area contributed by atoms with Crippen LogP contribution in [0.4, 0.5) is 0 Å². The molecule has 2 N–H and O–H groups in total. The third-order valence-electron chi connectivity index (χ3n) is 3.68. The number of Topliss-reactive ketones (excluding diaryl/α,β-unsaturated/α-hetero) is 1. The van der Waals surface area contributed by atoms with E-state index in [4.69, 9.17) is 18.0 Å². The summed E-state index contributed by atoms with van der Waals surface area (Å²) in [6.45, 7) is 3.41. The van der Waals surface area contributed by atoms with Crippen molar-refractivity contribution in [3.05, 3.63) is 58.4 Å². The number of halogens is 1. The number of phenols is 1. The van der Waals surface area contributed by atoms with Gasteiger partial charge in [-0.3, -0.25) is 14.6 Å². The van der Waals surface area contributed by atoms with Crippen LogP contribution in [0, 0.1) is 12.3 Å². The Morgan fingerprint density at radius 3 is 2.65 bits per heavy atom. The van der Waals surface area contributed by atoms with E-state index in [1.165, 1.54) is 12.3 Å². The number of carbonyl (C=O) groups excluding carboxylic acids is 2. The Morgan fingerprint density at radius 1 is 1.27 bits per heavy atom. The summed E-state index contributed by atoms with van der Waals surface area (Å²) in [7, 11) is 0. The maximum absolute atomic E-state index is 12.3. The molecule has 2 aromatic rings. The number of carbonyl (C=O) groups is 2. The molecule has 1 heterocycles. The van der Waals surface area contributed by atoms with Crippen molar-refractivity contribution < 1.29 is 14.7 Å². The van der Waals surface area contributed by atoms with Crippen molar-refractivity contribution in [3.8, 4) is 18.1 Å². The van der Waals surface area contributed by atoms with Crippen molar-refractivity contribution in [2.24, 2.45) is 0 Å². The quantitative estimate of drug-likeness (QED) is 0.766. The molecule has 0 saturated heterocycles. The summed E-state index contributed by atoms with van der Waals surface area (Å²) < 4.78 is 0. The number of rotatable bonds is 6. The van der Waals surface area contributed by atoms with Gasteiger partial charge in [-0.25, -0.2) is 0 Å². The first-order valence-corrected chi connectivity index (χ1v) is 8.32. The number of amides is 1. The number of ketones is 1. The summed E-state index contributed by atoms with van der Waals surface area (Å²) in [5, 5.41) is 12.9. The lowest BCUT2D eigenvalue weighted by molar-refractivity contribution is -0.117. The molecule has 1 amide bonds. The minimum Gasteiger partial charge on any atom is -0.508 e. The molecule has 0 aliphatic heterocycles. The Balaban J connectivity index is 2.07. The van der Waals surface area contributed by atoms with Crippen LogP contribution in [0.5, 0.6) is 5.75 Å². The monoisotopic (exact) mass is 370 g/mol. The fraction of sp³-hybridized carbons (Fsp3) is 0.250. The minimum atomic E-state index is -0.795. The fourth-order valence-corrected chi connectivity index (χ4v) is 2.45. The molecule has 0 spiro atoms. The normalized spacial score (nSPS) is 10.8. The van der Waals surface area contributed by atoms with Gasteiger partial charge in [0.25, 0.3) is 5.91 Å². The summed E-state index contributed by atoms with van der Waals surface area (Å²) >= 11 is 5.78. The standard InChI is InChI=1S/C20H19ClN2O3/c1-4-20(2,3)23-19(26)17-10-13(7-8-22-17)9-16(24)11-14-5-6-15(21)12-18(14)25/h1,5-8,10,12,25H,9,11H2,2-3H3,(H,23,26). The lowest BCUT2D eigenvalue weighted by Crippen LogP contribution is -2.42. The third kappa shape index (κ3) is 5.33. The van der Waals surface area contributed by atoms with Crippen molar-refractivity contribution in [2.75, 3.05) is 0 Å².